The van der Waals surface area contributed by atoms with Crippen molar-refractivity contribution in [1.82, 2.24) is 10.3 Å². The molecule has 0 saturated carbocycles. The highest BCUT2D eigenvalue weighted by Crippen LogP contribution is 2.34. The molecular formula is C27H22N2O6S. The monoisotopic (exact) mass is 502 g/mol. The molecule has 0 radical (unpaired) electrons. The summed E-state index contributed by atoms with van der Waals surface area (Å²) in [6, 6.07) is 19.5. The van der Waals surface area contributed by atoms with Gasteiger partial charge in [0.2, 0.25) is 5.91 Å². The van der Waals surface area contributed by atoms with E-state index in [1.54, 1.807) is 38.3 Å². The number of aryl methyl sites for hydroxylation is 2. The highest BCUT2D eigenvalue weighted by atomic mass is 32.2. The van der Waals surface area contributed by atoms with Crippen molar-refractivity contribution in [1.29, 1.82) is 0 Å². The van der Waals surface area contributed by atoms with Gasteiger partial charge in [0, 0.05) is 22.4 Å². The van der Waals surface area contributed by atoms with Crippen LogP contribution in [0.1, 0.15) is 16.7 Å². The number of fused-ring (bicyclic) bond motifs is 2. The van der Waals surface area contributed by atoms with Crippen LogP contribution in [0.5, 0.6) is 0 Å². The number of hydrogen-bond acceptors (Lipinski definition) is 6. The summed E-state index contributed by atoms with van der Waals surface area (Å²) in [4.78, 5) is 27.4. The zero-order valence-electron chi connectivity index (χ0n) is 19.5. The van der Waals surface area contributed by atoms with E-state index >= 15 is 0 Å². The number of hydrogen-bond donors (Lipinski definition) is 2. The summed E-state index contributed by atoms with van der Waals surface area (Å²) in [6.45, 7) is 3.49. The number of nitrogens with one attached hydrogen (secondary N) is 2. The van der Waals surface area contributed by atoms with E-state index < -0.39 is 21.6 Å². The third kappa shape index (κ3) is 4.41. The fourth-order valence-electron chi connectivity index (χ4n) is 4.13. The Labute approximate surface area is 206 Å². The lowest BCUT2D eigenvalue weighted by Crippen LogP contribution is -2.42. The summed E-state index contributed by atoms with van der Waals surface area (Å²) in [5, 5.41) is 1.50. The first-order chi connectivity index (χ1) is 17.2. The van der Waals surface area contributed by atoms with Crippen molar-refractivity contribution in [3.8, 4) is 11.1 Å². The summed E-state index contributed by atoms with van der Waals surface area (Å²) in [7, 11) is -3.97. The number of hydrazine groups is 1. The molecule has 2 N–H and O–H groups in total. The normalized spacial score (nSPS) is 11.7. The molecule has 0 fully saturated rings. The van der Waals surface area contributed by atoms with Crippen LogP contribution in [0.15, 0.2) is 91.5 Å². The Kier molecular flexibility index (Phi) is 5.95. The van der Waals surface area contributed by atoms with Gasteiger partial charge in [-0.2, -0.15) is 0 Å². The summed E-state index contributed by atoms with van der Waals surface area (Å²) >= 11 is 0. The average Bonchev–Trinajstić information content (AvgIpc) is 3.28. The number of carbonyl (C=O) groups is 1. The second-order valence-corrected chi connectivity index (χ2v) is 10.2. The molecule has 0 atom stereocenters. The molecule has 0 spiro atoms. The summed E-state index contributed by atoms with van der Waals surface area (Å²) in [6.07, 6.45) is 1.29. The molecule has 3 aromatic carbocycles. The molecule has 0 bridgehead atoms. The maximum atomic E-state index is 12.7. The quantitative estimate of drug-likeness (QED) is 0.263. The van der Waals surface area contributed by atoms with Gasteiger partial charge in [-0.1, -0.05) is 42.5 Å². The molecule has 36 heavy (non-hydrogen) atoms. The minimum atomic E-state index is -3.97. The van der Waals surface area contributed by atoms with Crippen LogP contribution in [0, 0.1) is 13.8 Å². The van der Waals surface area contributed by atoms with Gasteiger partial charge in [0.25, 0.3) is 10.0 Å². The van der Waals surface area contributed by atoms with Crippen LogP contribution < -0.4 is 15.9 Å². The number of carbonyl (C=O) groups excluding carboxylic acids is 1. The number of benzene rings is 3. The fourth-order valence-corrected chi connectivity index (χ4v) is 5.09. The SMILES string of the molecule is Cc1cccc(S(=O)(=O)NNC(=O)Cc2c(C)c3cc4c(-c5ccccc5)coc4cc3oc2=O)c1. The first kappa shape index (κ1) is 23.5. The van der Waals surface area contributed by atoms with Gasteiger partial charge >= 0.3 is 5.63 Å². The molecule has 0 saturated heterocycles. The van der Waals surface area contributed by atoms with E-state index in [9.17, 15) is 18.0 Å². The second kappa shape index (κ2) is 9.10. The van der Waals surface area contributed by atoms with Gasteiger partial charge in [-0.05, 0) is 48.7 Å². The van der Waals surface area contributed by atoms with Gasteiger partial charge in [-0.3, -0.25) is 10.2 Å². The van der Waals surface area contributed by atoms with Gasteiger partial charge in [0.1, 0.15) is 11.2 Å². The smallest absolute Gasteiger partial charge is 0.340 e. The van der Waals surface area contributed by atoms with Crippen LogP contribution >= 0.6 is 0 Å². The van der Waals surface area contributed by atoms with Crippen LogP contribution in [0.4, 0.5) is 0 Å². The lowest BCUT2D eigenvalue weighted by molar-refractivity contribution is -0.120. The van der Waals surface area contributed by atoms with Gasteiger partial charge < -0.3 is 8.83 Å². The van der Waals surface area contributed by atoms with Crippen LogP contribution in [0.2, 0.25) is 0 Å². The average molecular weight is 503 g/mol. The topological polar surface area (TPSA) is 119 Å². The molecule has 5 rings (SSSR count). The van der Waals surface area contributed by atoms with Gasteiger partial charge in [-0.25, -0.2) is 13.2 Å². The standard InChI is InChI=1S/C27H22N2O6S/c1-16-7-6-10-19(11-16)36(32,33)29-28-26(30)13-21-17(2)20-12-22-23(18-8-4-3-5-9-18)15-34-24(22)14-25(20)35-27(21)31/h3-12,14-15,29H,13H2,1-2H3,(H,28,30). The maximum Gasteiger partial charge on any atom is 0.340 e. The van der Waals surface area contributed by atoms with Crippen molar-refractivity contribution in [2.24, 2.45) is 0 Å². The zero-order valence-corrected chi connectivity index (χ0v) is 20.3. The minimum absolute atomic E-state index is 0.0162. The van der Waals surface area contributed by atoms with E-state index in [0.29, 0.717) is 22.1 Å². The van der Waals surface area contributed by atoms with E-state index in [1.165, 1.54) is 12.1 Å². The molecule has 0 unspecified atom stereocenters. The molecule has 0 aliphatic rings. The Bertz CT molecular complexity index is 1790. The maximum absolute atomic E-state index is 12.7. The zero-order chi connectivity index (χ0) is 25.4. The lowest BCUT2D eigenvalue weighted by atomic mass is 9.99. The lowest BCUT2D eigenvalue weighted by Gasteiger charge is -2.11. The van der Waals surface area contributed by atoms with Gasteiger partial charge in [0.15, 0.2) is 0 Å². The van der Waals surface area contributed by atoms with Crippen LogP contribution in [0.25, 0.3) is 33.1 Å². The molecule has 9 heteroatoms. The molecule has 2 heterocycles. The fraction of sp³-hybridized carbons (Fsp3) is 0.111. The molecule has 0 aliphatic heterocycles. The van der Waals surface area contributed by atoms with Crippen LogP contribution in [-0.2, 0) is 21.2 Å². The second-order valence-electron chi connectivity index (χ2n) is 8.50. The molecule has 0 aliphatic carbocycles. The number of amides is 1. The first-order valence-electron chi connectivity index (χ1n) is 11.1. The van der Waals surface area contributed by atoms with Crippen molar-refractivity contribution < 1.29 is 22.0 Å². The number of sulfonamides is 1. The number of furan rings is 1. The molecule has 8 nitrogen and oxygen atoms in total. The molecular weight excluding hydrogens is 480 g/mol. The Morgan fingerprint density at radius 2 is 1.69 bits per heavy atom. The minimum Gasteiger partial charge on any atom is -0.464 e. The van der Waals surface area contributed by atoms with Crippen molar-refractivity contribution in [3.05, 3.63) is 100 Å². The van der Waals surface area contributed by atoms with E-state index in [0.717, 1.165) is 22.1 Å². The Morgan fingerprint density at radius 3 is 2.44 bits per heavy atom. The third-order valence-corrected chi connectivity index (χ3v) is 7.27. The van der Waals surface area contributed by atoms with Crippen LogP contribution in [0.3, 0.4) is 0 Å². The Balaban J connectivity index is 1.44. The molecule has 2 aromatic heterocycles. The van der Waals surface area contributed by atoms with E-state index in [4.69, 9.17) is 8.83 Å². The highest BCUT2D eigenvalue weighted by Gasteiger charge is 2.20. The molecule has 5 aromatic rings. The van der Waals surface area contributed by atoms with Crippen molar-refractivity contribution in [2.45, 2.75) is 25.2 Å². The van der Waals surface area contributed by atoms with E-state index in [1.807, 2.05) is 36.4 Å². The highest BCUT2D eigenvalue weighted by molar-refractivity contribution is 7.89. The summed E-state index contributed by atoms with van der Waals surface area (Å²) in [5.74, 6) is -0.699. The van der Waals surface area contributed by atoms with Crippen molar-refractivity contribution in [2.75, 3.05) is 0 Å². The van der Waals surface area contributed by atoms with E-state index in [2.05, 4.69) is 10.3 Å². The predicted molar refractivity (Wildman–Crippen MR) is 136 cm³/mol. The predicted octanol–water partition coefficient (Wildman–Crippen LogP) is 4.38. The van der Waals surface area contributed by atoms with Crippen LogP contribution in [-0.4, -0.2) is 14.3 Å². The largest absolute Gasteiger partial charge is 0.464 e. The number of rotatable bonds is 6. The first-order valence-corrected chi connectivity index (χ1v) is 12.6. The summed E-state index contributed by atoms with van der Waals surface area (Å²) < 4.78 is 36.2. The Hall–Kier alpha value is -4.21. The molecule has 182 valence electrons. The molecule has 1 amide bonds. The Morgan fingerprint density at radius 1 is 0.917 bits per heavy atom. The summed E-state index contributed by atoms with van der Waals surface area (Å²) in [5.41, 5.74) is 5.74. The van der Waals surface area contributed by atoms with E-state index in [-0.39, 0.29) is 16.9 Å². The third-order valence-electron chi connectivity index (χ3n) is 6.03. The van der Waals surface area contributed by atoms with Gasteiger partial charge in [0.05, 0.1) is 23.1 Å². The van der Waals surface area contributed by atoms with Crippen molar-refractivity contribution >= 4 is 37.9 Å². The van der Waals surface area contributed by atoms with Crippen molar-refractivity contribution in [3.63, 3.8) is 0 Å². The van der Waals surface area contributed by atoms with Gasteiger partial charge in [-0.15, -0.1) is 4.83 Å².